The number of halogens is 1. The number of aromatic nitrogens is 1. The SMILES string of the molecule is Cc1nc(C(c2ccccc2)c2ccc(Cl)cc2)c(-c2ccccc2)s1. The van der Waals surface area contributed by atoms with Crippen LogP contribution in [0.3, 0.4) is 0 Å². The molecule has 0 aliphatic carbocycles. The first-order chi connectivity index (χ1) is 12.7. The van der Waals surface area contributed by atoms with Crippen molar-refractivity contribution in [1.82, 2.24) is 4.98 Å². The Morgan fingerprint density at radius 3 is 2.00 bits per heavy atom. The number of aryl methyl sites for hydroxylation is 1. The second-order valence-corrected chi connectivity index (χ2v) is 7.85. The Bertz CT molecular complexity index is 992. The second-order valence-electron chi connectivity index (χ2n) is 6.21. The van der Waals surface area contributed by atoms with E-state index in [0.717, 1.165) is 15.7 Å². The molecule has 1 nitrogen and oxygen atoms in total. The fourth-order valence-electron chi connectivity index (χ4n) is 3.24. The maximum Gasteiger partial charge on any atom is 0.0904 e. The minimum absolute atomic E-state index is 0.0774. The lowest BCUT2D eigenvalue weighted by Crippen LogP contribution is -2.05. The van der Waals surface area contributed by atoms with Crippen molar-refractivity contribution in [2.75, 3.05) is 0 Å². The highest BCUT2D eigenvalue weighted by Gasteiger charge is 2.24. The number of nitrogens with zero attached hydrogens (tertiary/aromatic N) is 1. The van der Waals surface area contributed by atoms with Gasteiger partial charge in [-0.05, 0) is 35.7 Å². The van der Waals surface area contributed by atoms with Gasteiger partial charge in [0, 0.05) is 5.02 Å². The van der Waals surface area contributed by atoms with Crippen LogP contribution in [0.4, 0.5) is 0 Å². The molecule has 3 aromatic carbocycles. The molecule has 1 atom stereocenters. The highest BCUT2D eigenvalue weighted by molar-refractivity contribution is 7.15. The smallest absolute Gasteiger partial charge is 0.0904 e. The molecule has 0 saturated heterocycles. The van der Waals surface area contributed by atoms with E-state index < -0.39 is 0 Å². The summed E-state index contributed by atoms with van der Waals surface area (Å²) in [6.07, 6.45) is 0. The fourth-order valence-corrected chi connectivity index (χ4v) is 4.33. The zero-order valence-corrected chi connectivity index (χ0v) is 16.0. The predicted octanol–water partition coefficient (Wildman–Crippen LogP) is 6.95. The summed E-state index contributed by atoms with van der Waals surface area (Å²) in [6, 6.07) is 29.2. The lowest BCUT2D eigenvalue weighted by Gasteiger charge is -2.18. The summed E-state index contributed by atoms with van der Waals surface area (Å²) < 4.78 is 0. The Hall–Kier alpha value is -2.42. The standard InChI is InChI=1S/C23H18ClNS/c1-16-25-22(23(26-16)19-10-6-3-7-11-19)21(17-8-4-2-5-9-17)18-12-14-20(24)15-13-18/h2-15,21H,1H3. The molecule has 0 N–H and O–H groups in total. The molecule has 1 heterocycles. The van der Waals surface area contributed by atoms with E-state index in [9.17, 15) is 0 Å². The summed E-state index contributed by atoms with van der Waals surface area (Å²) in [5.41, 5.74) is 4.75. The van der Waals surface area contributed by atoms with Crippen LogP contribution in [-0.4, -0.2) is 4.98 Å². The van der Waals surface area contributed by atoms with Gasteiger partial charge >= 0.3 is 0 Å². The highest BCUT2D eigenvalue weighted by Crippen LogP contribution is 2.40. The van der Waals surface area contributed by atoms with E-state index in [1.807, 2.05) is 24.3 Å². The van der Waals surface area contributed by atoms with Gasteiger partial charge in [-0.15, -0.1) is 11.3 Å². The van der Waals surface area contributed by atoms with Crippen molar-refractivity contribution in [2.24, 2.45) is 0 Å². The predicted molar refractivity (Wildman–Crippen MR) is 111 cm³/mol. The van der Waals surface area contributed by atoms with Gasteiger partial charge in [0.05, 0.1) is 21.5 Å². The average molecular weight is 376 g/mol. The van der Waals surface area contributed by atoms with E-state index in [1.165, 1.54) is 21.6 Å². The molecule has 4 aromatic rings. The Morgan fingerprint density at radius 2 is 1.35 bits per heavy atom. The van der Waals surface area contributed by atoms with Crippen LogP contribution < -0.4 is 0 Å². The Labute approximate surface area is 162 Å². The molecule has 0 spiro atoms. The van der Waals surface area contributed by atoms with Crippen LogP contribution in [0.2, 0.25) is 5.02 Å². The van der Waals surface area contributed by atoms with Crippen molar-refractivity contribution in [3.8, 4) is 10.4 Å². The Balaban J connectivity index is 1.92. The number of hydrogen-bond donors (Lipinski definition) is 0. The highest BCUT2D eigenvalue weighted by atomic mass is 35.5. The molecule has 0 aliphatic rings. The molecule has 0 amide bonds. The Kier molecular flexibility index (Phi) is 4.87. The molecule has 0 radical (unpaired) electrons. The Morgan fingerprint density at radius 1 is 0.769 bits per heavy atom. The zero-order valence-electron chi connectivity index (χ0n) is 14.4. The van der Waals surface area contributed by atoms with Crippen molar-refractivity contribution < 1.29 is 0 Å². The third-order valence-electron chi connectivity index (χ3n) is 4.41. The lowest BCUT2D eigenvalue weighted by atomic mass is 9.87. The average Bonchev–Trinajstić information content (AvgIpc) is 3.06. The van der Waals surface area contributed by atoms with Gasteiger partial charge in [0.1, 0.15) is 0 Å². The number of rotatable bonds is 4. The molecular formula is C23H18ClNS. The third-order valence-corrected chi connectivity index (χ3v) is 5.69. The van der Waals surface area contributed by atoms with Crippen molar-refractivity contribution in [1.29, 1.82) is 0 Å². The van der Waals surface area contributed by atoms with Gasteiger partial charge in [0.2, 0.25) is 0 Å². The molecule has 3 heteroatoms. The number of thiazole rings is 1. The van der Waals surface area contributed by atoms with E-state index in [2.05, 4.69) is 67.6 Å². The van der Waals surface area contributed by atoms with Crippen LogP contribution in [0.25, 0.3) is 10.4 Å². The monoisotopic (exact) mass is 375 g/mol. The molecular weight excluding hydrogens is 358 g/mol. The normalized spacial score (nSPS) is 12.1. The van der Waals surface area contributed by atoms with Gasteiger partial charge in [-0.1, -0.05) is 84.4 Å². The van der Waals surface area contributed by atoms with E-state index in [1.54, 1.807) is 11.3 Å². The molecule has 0 aliphatic heterocycles. The lowest BCUT2D eigenvalue weighted by molar-refractivity contribution is 0.928. The molecule has 4 rings (SSSR count). The molecule has 26 heavy (non-hydrogen) atoms. The van der Waals surface area contributed by atoms with E-state index in [0.29, 0.717) is 0 Å². The molecule has 1 aromatic heterocycles. The molecule has 1 unspecified atom stereocenters. The van der Waals surface area contributed by atoms with Gasteiger partial charge in [-0.2, -0.15) is 0 Å². The van der Waals surface area contributed by atoms with E-state index in [4.69, 9.17) is 16.6 Å². The van der Waals surface area contributed by atoms with Crippen LogP contribution in [0.15, 0.2) is 84.9 Å². The van der Waals surface area contributed by atoms with Crippen LogP contribution >= 0.6 is 22.9 Å². The summed E-state index contributed by atoms with van der Waals surface area (Å²) in [5.74, 6) is 0.0774. The molecule has 128 valence electrons. The van der Waals surface area contributed by atoms with Crippen molar-refractivity contribution in [3.05, 3.63) is 112 Å². The van der Waals surface area contributed by atoms with Gasteiger partial charge < -0.3 is 0 Å². The van der Waals surface area contributed by atoms with Gasteiger partial charge in [-0.3, -0.25) is 0 Å². The van der Waals surface area contributed by atoms with Gasteiger partial charge in [0.15, 0.2) is 0 Å². The number of hydrogen-bond acceptors (Lipinski definition) is 2. The van der Waals surface area contributed by atoms with Gasteiger partial charge in [0.25, 0.3) is 0 Å². The summed E-state index contributed by atoms with van der Waals surface area (Å²) in [5, 5.41) is 1.83. The van der Waals surface area contributed by atoms with Crippen LogP contribution in [-0.2, 0) is 0 Å². The van der Waals surface area contributed by atoms with Gasteiger partial charge in [-0.25, -0.2) is 4.98 Å². The number of benzene rings is 3. The van der Waals surface area contributed by atoms with Crippen molar-refractivity contribution >= 4 is 22.9 Å². The quantitative estimate of drug-likeness (QED) is 0.376. The maximum absolute atomic E-state index is 6.13. The molecule has 0 saturated carbocycles. The van der Waals surface area contributed by atoms with Crippen molar-refractivity contribution in [2.45, 2.75) is 12.8 Å². The summed E-state index contributed by atoms with van der Waals surface area (Å²) >= 11 is 7.88. The molecule has 0 fully saturated rings. The first kappa shape index (κ1) is 17.0. The fraction of sp³-hybridized carbons (Fsp3) is 0.0870. The van der Waals surface area contributed by atoms with E-state index >= 15 is 0 Å². The van der Waals surface area contributed by atoms with Crippen LogP contribution in [0.5, 0.6) is 0 Å². The maximum atomic E-state index is 6.13. The van der Waals surface area contributed by atoms with E-state index in [-0.39, 0.29) is 5.92 Å². The van der Waals surface area contributed by atoms with Crippen LogP contribution in [0.1, 0.15) is 27.7 Å². The zero-order chi connectivity index (χ0) is 17.9. The summed E-state index contributed by atoms with van der Waals surface area (Å²) in [4.78, 5) is 6.18. The minimum atomic E-state index is 0.0774. The van der Waals surface area contributed by atoms with Crippen molar-refractivity contribution in [3.63, 3.8) is 0 Å². The minimum Gasteiger partial charge on any atom is -0.245 e. The summed E-state index contributed by atoms with van der Waals surface area (Å²) in [7, 11) is 0. The first-order valence-electron chi connectivity index (χ1n) is 8.55. The summed E-state index contributed by atoms with van der Waals surface area (Å²) in [6.45, 7) is 2.07. The third kappa shape index (κ3) is 3.44. The molecule has 0 bridgehead atoms. The largest absolute Gasteiger partial charge is 0.245 e. The second kappa shape index (κ2) is 7.45. The topological polar surface area (TPSA) is 12.9 Å². The first-order valence-corrected chi connectivity index (χ1v) is 9.75. The van der Waals surface area contributed by atoms with Crippen LogP contribution in [0, 0.1) is 6.92 Å².